The molecule has 0 saturated heterocycles. The summed E-state index contributed by atoms with van der Waals surface area (Å²) >= 11 is 0. The van der Waals surface area contributed by atoms with E-state index >= 15 is 0 Å². The Morgan fingerprint density at radius 2 is 1.71 bits per heavy atom. The molecule has 2 rings (SSSR count). The van der Waals surface area contributed by atoms with E-state index in [-0.39, 0.29) is 36.3 Å². The average molecular weight is 399 g/mol. The molecule has 0 aliphatic carbocycles. The molecule has 0 amide bonds. The van der Waals surface area contributed by atoms with Crippen molar-refractivity contribution in [2.45, 2.75) is 13.0 Å². The van der Waals surface area contributed by atoms with Crippen molar-refractivity contribution < 1.29 is 4.39 Å². The van der Waals surface area contributed by atoms with E-state index in [1.165, 1.54) is 11.6 Å². The first kappa shape index (κ1) is 17.4. The number of hydrogen-bond donors (Lipinski definition) is 2. The van der Waals surface area contributed by atoms with Crippen LogP contribution in [-0.2, 0) is 13.0 Å². The number of nitrogens with two attached hydrogens (primary N) is 1. The largest absolute Gasteiger partial charge is 0.370 e. The summed E-state index contributed by atoms with van der Waals surface area (Å²) in [5.41, 5.74) is 7.53. The Balaban J connectivity index is 0.00000220. The molecule has 0 aromatic heterocycles. The van der Waals surface area contributed by atoms with Gasteiger partial charge < -0.3 is 11.1 Å². The highest BCUT2D eigenvalue weighted by Gasteiger charge is 1.99. The van der Waals surface area contributed by atoms with Crippen LogP contribution in [0.5, 0.6) is 0 Å². The van der Waals surface area contributed by atoms with Gasteiger partial charge in [-0.25, -0.2) is 9.38 Å². The van der Waals surface area contributed by atoms with Crippen molar-refractivity contribution in [3.8, 4) is 0 Å². The summed E-state index contributed by atoms with van der Waals surface area (Å²) in [6.45, 7) is 0.952. The standard InChI is InChI=1S/C16H18FN3.HI/c17-15-9-5-4-8-14(15)12-20-16(18)19-11-10-13-6-2-1-3-7-13;/h1-9H,10-12H2,(H3,18,19,20);1H. The summed E-state index contributed by atoms with van der Waals surface area (Å²) < 4.78 is 13.4. The molecule has 2 aromatic carbocycles. The number of benzene rings is 2. The molecule has 0 unspecified atom stereocenters. The highest BCUT2D eigenvalue weighted by Crippen LogP contribution is 2.07. The number of guanidine groups is 1. The van der Waals surface area contributed by atoms with E-state index in [9.17, 15) is 4.39 Å². The van der Waals surface area contributed by atoms with Crippen LogP contribution in [0.1, 0.15) is 11.1 Å². The molecule has 2 aromatic rings. The Morgan fingerprint density at radius 3 is 2.43 bits per heavy atom. The number of hydrogen-bond acceptors (Lipinski definition) is 1. The van der Waals surface area contributed by atoms with Gasteiger partial charge in [0.1, 0.15) is 5.82 Å². The molecule has 5 heteroatoms. The highest BCUT2D eigenvalue weighted by molar-refractivity contribution is 14.0. The molecule has 0 aliphatic rings. The van der Waals surface area contributed by atoms with Crippen LogP contribution in [0, 0.1) is 5.82 Å². The third kappa shape index (κ3) is 6.12. The molecule has 0 spiro atoms. The van der Waals surface area contributed by atoms with Gasteiger partial charge in [0.2, 0.25) is 0 Å². The number of nitrogens with zero attached hydrogens (tertiary/aromatic N) is 1. The van der Waals surface area contributed by atoms with Gasteiger partial charge in [0.25, 0.3) is 0 Å². The van der Waals surface area contributed by atoms with Crippen molar-refractivity contribution in [3.05, 3.63) is 71.5 Å². The van der Waals surface area contributed by atoms with Gasteiger partial charge in [-0.05, 0) is 18.1 Å². The van der Waals surface area contributed by atoms with Crippen LogP contribution < -0.4 is 11.1 Å². The number of halogens is 2. The van der Waals surface area contributed by atoms with Gasteiger partial charge in [-0.15, -0.1) is 24.0 Å². The van der Waals surface area contributed by atoms with Crippen LogP contribution in [0.25, 0.3) is 0 Å². The summed E-state index contributed by atoms with van der Waals surface area (Å²) in [4.78, 5) is 4.13. The van der Waals surface area contributed by atoms with E-state index in [0.29, 0.717) is 18.1 Å². The molecule has 0 aliphatic heterocycles. The van der Waals surface area contributed by atoms with Gasteiger partial charge in [-0.3, -0.25) is 0 Å². The highest BCUT2D eigenvalue weighted by atomic mass is 127. The zero-order valence-electron chi connectivity index (χ0n) is 11.6. The van der Waals surface area contributed by atoms with Crippen LogP contribution in [0.15, 0.2) is 59.6 Å². The first-order valence-corrected chi connectivity index (χ1v) is 6.57. The quantitative estimate of drug-likeness (QED) is 0.461. The summed E-state index contributed by atoms with van der Waals surface area (Å²) in [6, 6.07) is 16.7. The average Bonchev–Trinajstić information content (AvgIpc) is 2.47. The number of aliphatic imine (C=N–C) groups is 1. The maximum absolute atomic E-state index is 13.4. The van der Waals surface area contributed by atoms with Gasteiger partial charge in [-0.1, -0.05) is 48.5 Å². The predicted molar refractivity (Wildman–Crippen MR) is 95.3 cm³/mol. The van der Waals surface area contributed by atoms with Crippen molar-refractivity contribution in [1.29, 1.82) is 0 Å². The van der Waals surface area contributed by atoms with E-state index in [1.54, 1.807) is 18.2 Å². The monoisotopic (exact) mass is 399 g/mol. The van der Waals surface area contributed by atoms with Crippen LogP contribution in [0.3, 0.4) is 0 Å². The van der Waals surface area contributed by atoms with E-state index < -0.39 is 0 Å². The molecule has 0 fully saturated rings. The van der Waals surface area contributed by atoms with E-state index in [4.69, 9.17) is 5.73 Å². The molecule has 0 saturated carbocycles. The van der Waals surface area contributed by atoms with E-state index in [0.717, 1.165) is 6.42 Å². The van der Waals surface area contributed by atoms with Gasteiger partial charge in [0.05, 0.1) is 6.54 Å². The topological polar surface area (TPSA) is 50.4 Å². The lowest BCUT2D eigenvalue weighted by Crippen LogP contribution is -2.33. The smallest absolute Gasteiger partial charge is 0.188 e. The molecular weight excluding hydrogens is 380 g/mol. The molecule has 3 nitrogen and oxygen atoms in total. The van der Waals surface area contributed by atoms with Crippen molar-refractivity contribution in [2.75, 3.05) is 6.54 Å². The molecule has 21 heavy (non-hydrogen) atoms. The van der Waals surface area contributed by atoms with E-state index in [2.05, 4.69) is 22.4 Å². The lowest BCUT2D eigenvalue weighted by molar-refractivity contribution is 0.610. The van der Waals surface area contributed by atoms with Crippen LogP contribution in [0.2, 0.25) is 0 Å². The molecule has 112 valence electrons. The molecule has 3 N–H and O–H groups in total. The van der Waals surface area contributed by atoms with Gasteiger partial charge in [0, 0.05) is 12.1 Å². The summed E-state index contributed by atoms with van der Waals surface area (Å²) in [5, 5.41) is 3.03. The van der Waals surface area contributed by atoms with Crippen molar-refractivity contribution in [2.24, 2.45) is 10.7 Å². The fourth-order valence-electron chi connectivity index (χ4n) is 1.83. The lowest BCUT2D eigenvalue weighted by Gasteiger charge is -2.06. The SMILES string of the molecule is I.NC(=NCc1ccccc1F)NCCc1ccccc1. The maximum Gasteiger partial charge on any atom is 0.188 e. The van der Waals surface area contributed by atoms with Gasteiger partial charge >= 0.3 is 0 Å². The van der Waals surface area contributed by atoms with Crippen LogP contribution in [0.4, 0.5) is 4.39 Å². The molecule has 0 bridgehead atoms. The third-order valence-corrected chi connectivity index (χ3v) is 2.94. The van der Waals surface area contributed by atoms with Crippen molar-refractivity contribution in [3.63, 3.8) is 0 Å². The van der Waals surface area contributed by atoms with Crippen LogP contribution in [-0.4, -0.2) is 12.5 Å². The second kappa shape index (κ2) is 9.33. The van der Waals surface area contributed by atoms with Crippen LogP contribution >= 0.6 is 24.0 Å². The van der Waals surface area contributed by atoms with Crippen molar-refractivity contribution in [1.82, 2.24) is 5.32 Å². The van der Waals surface area contributed by atoms with E-state index in [1.807, 2.05) is 18.2 Å². The zero-order valence-corrected chi connectivity index (χ0v) is 14.0. The first-order valence-electron chi connectivity index (χ1n) is 6.57. The number of rotatable bonds is 5. The Morgan fingerprint density at radius 1 is 1.05 bits per heavy atom. The molecule has 0 heterocycles. The minimum absolute atomic E-state index is 0. The third-order valence-electron chi connectivity index (χ3n) is 2.94. The summed E-state index contributed by atoms with van der Waals surface area (Å²) in [5.74, 6) is 0.0810. The zero-order chi connectivity index (χ0) is 14.2. The molecular formula is C16H19FIN3. The molecule has 0 atom stereocenters. The summed E-state index contributed by atoms with van der Waals surface area (Å²) in [6.07, 6.45) is 0.872. The fraction of sp³-hybridized carbons (Fsp3) is 0.188. The maximum atomic E-state index is 13.4. The second-order valence-corrected chi connectivity index (χ2v) is 4.46. The van der Waals surface area contributed by atoms with Gasteiger partial charge in [-0.2, -0.15) is 0 Å². The minimum atomic E-state index is -0.256. The lowest BCUT2D eigenvalue weighted by atomic mass is 10.1. The Kier molecular flexibility index (Phi) is 7.74. The molecule has 0 radical (unpaired) electrons. The Bertz CT molecular complexity index is 573. The summed E-state index contributed by atoms with van der Waals surface area (Å²) in [7, 11) is 0. The first-order chi connectivity index (χ1) is 9.75. The minimum Gasteiger partial charge on any atom is -0.370 e. The Labute approximate surface area is 141 Å². The predicted octanol–water partition coefficient (Wildman–Crippen LogP) is 3.09. The second-order valence-electron chi connectivity index (χ2n) is 4.46. The van der Waals surface area contributed by atoms with Gasteiger partial charge in [0.15, 0.2) is 5.96 Å². The van der Waals surface area contributed by atoms with Crippen molar-refractivity contribution >= 4 is 29.9 Å². The fourth-order valence-corrected chi connectivity index (χ4v) is 1.83. The normalized spacial score (nSPS) is 10.8. The Hall–Kier alpha value is -1.63. The number of nitrogens with one attached hydrogen (secondary N) is 1.